The molecule has 0 aliphatic heterocycles. The highest BCUT2D eigenvalue weighted by Crippen LogP contribution is 2.36. The molecule has 0 heterocycles. The number of aryl methyl sites for hydroxylation is 1. The van der Waals surface area contributed by atoms with Crippen LogP contribution in [0.4, 0.5) is 5.69 Å². The van der Waals surface area contributed by atoms with E-state index in [0.29, 0.717) is 37.3 Å². The summed E-state index contributed by atoms with van der Waals surface area (Å²) >= 11 is 0. The second kappa shape index (κ2) is 8.11. The Morgan fingerprint density at radius 1 is 1.03 bits per heavy atom. The Morgan fingerprint density at radius 2 is 1.77 bits per heavy atom. The summed E-state index contributed by atoms with van der Waals surface area (Å²) in [5.74, 6) is -0.527. The summed E-state index contributed by atoms with van der Waals surface area (Å²) < 4.78 is 5.80. The van der Waals surface area contributed by atoms with Crippen molar-refractivity contribution in [2.24, 2.45) is 0 Å². The van der Waals surface area contributed by atoms with Crippen LogP contribution in [0.25, 0.3) is 0 Å². The summed E-state index contributed by atoms with van der Waals surface area (Å²) in [6.07, 6.45) is 1.53. The first kappa shape index (κ1) is 19.8. The molecule has 154 valence electrons. The number of aromatic hydroxyl groups is 1. The van der Waals surface area contributed by atoms with E-state index < -0.39 is 11.5 Å². The molecule has 4 rings (SSSR count). The maximum absolute atomic E-state index is 12.2. The number of carboxylic acids is 1. The predicted molar refractivity (Wildman–Crippen MR) is 116 cm³/mol. The molecule has 0 radical (unpaired) electrons. The van der Waals surface area contributed by atoms with Crippen LogP contribution in [0.15, 0.2) is 66.7 Å². The Balaban J connectivity index is 1.48. The fourth-order valence-electron chi connectivity index (χ4n) is 4.04. The number of rotatable bonds is 7. The van der Waals surface area contributed by atoms with Crippen LogP contribution in [0.3, 0.4) is 0 Å². The van der Waals surface area contributed by atoms with Gasteiger partial charge in [-0.2, -0.15) is 0 Å². The van der Waals surface area contributed by atoms with Crippen molar-refractivity contribution in [2.45, 2.75) is 31.7 Å². The third-order valence-corrected chi connectivity index (χ3v) is 5.59. The Labute approximate surface area is 176 Å². The first-order chi connectivity index (χ1) is 14.4. The number of carbonyl (C=O) groups is 1. The first-order valence-corrected chi connectivity index (χ1v) is 10.0. The van der Waals surface area contributed by atoms with Crippen molar-refractivity contribution in [3.05, 3.63) is 89.0 Å². The number of hydrogen-bond acceptors (Lipinski definition) is 4. The molecule has 0 atom stereocenters. The lowest BCUT2D eigenvalue weighted by Gasteiger charge is -2.27. The van der Waals surface area contributed by atoms with E-state index in [1.165, 1.54) is 11.6 Å². The van der Waals surface area contributed by atoms with Crippen molar-refractivity contribution >= 4 is 11.7 Å². The minimum Gasteiger partial charge on any atom is -0.504 e. The van der Waals surface area contributed by atoms with Gasteiger partial charge in [-0.3, -0.25) is 0 Å². The lowest BCUT2D eigenvalue weighted by atomic mass is 9.95. The molecule has 3 N–H and O–H groups in total. The molecule has 5 heteroatoms. The van der Waals surface area contributed by atoms with Crippen molar-refractivity contribution in [3.63, 3.8) is 0 Å². The molecule has 0 spiro atoms. The maximum Gasteiger partial charge on any atom is 0.330 e. The molecule has 1 aliphatic carbocycles. The van der Waals surface area contributed by atoms with Gasteiger partial charge >= 0.3 is 5.97 Å². The van der Waals surface area contributed by atoms with E-state index >= 15 is 0 Å². The second-order valence-corrected chi connectivity index (χ2v) is 7.90. The summed E-state index contributed by atoms with van der Waals surface area (Å²) in [6, 6.07) is 20.9. The molecule has 3 aromatic rings. The van der Waals surface area contributed by atoms with E-state index in [1.807, 2.05) is 49.4 Å². The molecule has 0 aromatic heterocycles. The molecule has 0 unspecified atom stereocenters. The molecular weight excluding hydrogens is 378 g/mol. The standard InChI is InChI=1S/C25H25NO4/c1-17-5-4-6-18(13-17)11-12-30-23-14-21(9-10-22(23)27)26-25(24(28)29)15-19-7-2-3-8-20(19)16-25/h2-10,13-14,26-27H,11-12,15-16H2,1H3,(H,28,29). The van der Waals surface area contributed by atoms with E-state index in [-0.39, 0.29) is 5.75 Å². The quantitative estimate of drug-likeness (QED) is 0.511. The highest BCUT2D eigenvalue weighted by molar-refractivity contribution is 5.85. The zero-order valence-corrected chi connectivity index (χ0v) is 16.9. The molecular formula is C25H25NO4. The van der Waals surface area contributed by atoms with E-state index in [2.05, 4.69) is 11.4 Å². The van der Waals surface area contributed by atoms with Crippen molar-refractivity contribution in [2.75, 3.05) is 11.9 Å². The zero-order valence-electron chi connectivity index (χ0n) is 16.9. The van der Waals surface area contributed by atoms with Crippen LogP contribution in [-0.2, 0) is 24.1 Å². The molecule has 0 bridgehead atoms. The van der Waals surface area contributed by atoms with E-state index in [4.69, 9.17) is 4.74 Å². The van der Waals surface area contributed by atoms with Gasteiger partial charge in [0, 0.05) is 31.0 Å². The molecule has 0 amide bonds. The SMILES string of the molecule is Cc1cccc(CCOc2cc(NC3(C(=O)O)Cc4ccccc4C3)ccc2O)c1. The minimum atomic E-state index is -1.11. The number of benzene rings is 3. The van der Waals surface area contributed by atoms with Gasteiger partial charge in [-0.05, 0) is 35.7 Å². The van der Waals surface area contributed by atoms with Crippen LogP contribution in [0, 0.1) is 6.92 Å². The summed E-state index contributed by atoms with van der Waals surface area (Å²) in [4.78, 5) is 12.2. The van der Waals surface area contributed by atoms with Gasteiger partial charge < -0.3 is 20.3 Å². The molecule has 0 fully saturated rings. The highest BCUT2D eigenvalue weighted by Gasteiger charge is 2.44. The fourth-order valence-corrected chi connectivity index (χ4v) is 4.04. The molecule has 30 heavy (non-hydrogen) atoms. The summed E-state index contributed by atoms with van der Waals surface area (Å²) in [6.45, 7) is 2.46. The van der Waals surface area contributed by atoms with E-state index in [1.54, 1.807) is 12.1 Å². The van der Waals surface area contributed by atoms with E-state index in [9.17, 15) is 15.0 Å². The van der Waals surface area contributed by atoms with Crippen molar-refractivity contribution < 1.29 is 19.7 Å². The number of aliphatic carboxylic acids is 1. The highest BCUT2D eigenvalue weighted by atomic mass is 16.5. The maximum atomic E-state index is 12.2. The molecule has 0 saturated heterocycles. The van der Waals surface area contributed by atoms with Crippen LogP contribution in [-0.4, -0.2) is 28.3 Å². The van der Waals surface area contributed by atoms with Crippen molar-refractivity contribution in [1.82, 2.24) is 0 Å². The third-order valence-electron chi connectivity index (χ3n) is 5.59. The van der Waals surface area contributed by atoms with Gasteiger partial charge in [-0.1, -0.05) is 54.1 Å². The van der Waals surface area contributed by atoms with Crippen LogP contribution < -0.4 is 10.1 Å². The lowest BCUT2D eigenvalue weighted by Crippen LogP contribution is -2.47. The van der Waals surface area contributed by atoms with Crippen molar-refractivity contribution in [1.29, 1.82) is 0 Å². The number of ether oxygens (including phenoxy) is 1. The monoisotopic (exact) mass is 403 g/mol. The Kier molecular flexibility index (Phi) is 5.36. The van der Waals surface area contributed by atoms with Gasteiger partial charge in [0.2, 0.25) is 0 Å². The van der Waals surface area contributed by atoms with Gasteiger partial charge in [0.15, 0.2) is 11.5 Å². The largest absolute Gasteiger partial charge is 0.504 e. The normalized spacial score (nSPS) is 14.2. The molecule has 5 nitrogen and oxygen atoms in total. The minimum absolute atomic E-state index is 0.0314. The molecule has 1 aliphatic rings. The average Bonchev–Trinajstić information content (AvgIpc) is 3.10. The van der Waals surface area contributed by atoms with Gasteiger partial charge in [0.05, 0.1) is 6.61 Å². The van der Waals surface area contributed by atoms with Crippen LogP contribution in [0.2, 0.25) is 0 Å². The number of hydrogen-bond donors (Lipinski definition) is 3. The van der Waals surface area contributed by atoms with Crippen LogP contribution >= 0.6 is 0 Å². The first-order valence-electron chi connectivity index (χ1n) is 10.0. The number of carboxylic acid groups (broad SMARTS) is 1. The summed E-state index contributed by atoms with van der Waals surface area (Å²) in [7, 11) is 0. The van der Waals surface area contributed by atoms with Gasteiger partial charge in [0.1, 0.15) is 5.54 Å². The zero-order chi connectivity index (χ0) is 21.1. The molecule has 3 aromatic carbocycles. The number of anilines is 1. The molecule has 0 saturated carbocycles. The van der Waals surface area contributed by atoms with Gasteiger partial charge in [0.25, 0.3) is 0 Å². The number of nitrogens with one attached hydrogen (secondary N) is 1. The van der Waals surface area contributed by atoms with Crippen LogP contribution in [0.5, 0.6) is 11.5 Å². The lowest BCUT2D eigenvalue weighted by molar-refractivity contribution is -0.142. The smallest absolute Gasteiger partial charge is 0.330 e. The van der Waals surface area contributed by atoms with Crippen LogP contribution in [0.1, 0.15) is 22.3 Å². The Hall–Kier alpha value is -3.47. The number of phenols is 1. The predicted octanol–water partition coefficient (Wildman–Crippen LogP) is 4.36. The third kappa shape index (κ3) is 4.10. The van der Waals surface area contributed by atoms with E-state index in [0.717, 1.165) is 16.7 Å². The van der Waals surface area contributed by atoms with Gasteiger partial charge in [-0.25, -0.2) is 4.79 Å². The number of phenolic OH excluding ortho intramolecular Hbond substituents is 1. The second-order valence-electron chi connectivity index (χ2n) is 7.90. The Bertz CT molecular complexity index is 1050. The topological polar surface area (TPSA) is 78.8 Å². The average molecular weight is 403 g/mol. The summed E-state index contributed by atoms with van der Waals surface area (Å²) in [5.41, 5.74) is 3.94. The summed E-state index contributed by atoms with van der Waals surface area (Å²) in [5, 5.41) is 23.3. The Morgan fingerprint density at radius 3 is 2.43 bits per heavy atom. The fraction of sp³-hybridized carbons (Fsp3) is 0.240. The van der Waals surface area contributed by atoms with Gasteiger partial charge in [-0.15, -0.1) is 0 Å². The van der Waals surface area contributed by atoms with Crippen molar-refractivity contribution in [3.8, 4) is 11.5 Å². The number of fused-ring (bicyclic) bond motifs is 1.